The summed E-state index contributed by atoms with van der Waals surface area (Å²) in [5, 5.41) is 0. The summed E-state index contributed by atoms with van der Waals surface area (Å²) in [5.41, 5.74) is 0. The van der Waals surface area contributed by atoms with Crippen molar-refractivity contribution in [2.45, 2.75) is 69.2 Å². The molecule has 0 bridgehead atoms. The number of hydrogen-bond acceptors (Lipinski definition) is 8. The molecule has 0 radical (unpaired) electrons. The van der Waals surface area contributed by atoms with Crippen LogP contribution in [0.5, 0.6) is 0 Å². The van der Waals surface area contributed by atoms with Crippen LogP contribution >= 0.6 is 0 Å². The predicted octanol–water partition coefficient (Wildman–Crippen LogP) is 3.01. The Bertz CT molecular complexity index is 489. The molecule has 2 rings (SSSR count). The Morgan fingerprint density at radius 1 is 1.03 bits per heavy atom. The third-order valence-electron chi connectivity index (χ3n) is 5.89. The van der Waals surface area contributed by atoms with Crippen molar-refractivity contribution in [2.75, 3.05) is 47.8 Å². The monoisotopic (exact) mass is 498 g/mol. The third kappa shape index (κ3) is 9.19. The first-order valence-corrected chi connectivity index (χ1v) is 20.5. The van der Waals surface area contributed by atoms with Crippen molar-refractivity contribution in [3.8, 4) is 0 Å². The van der Waals surface area contributed by atoms with Crippen molar-refractivity contribution in [1.82, 2.24) is 0 Å². The molecule has 2 fully saturated rings. The van der Waals surface area contributed by atoms with Gasteiger partial charge in [0.15, 0.2) is 8.32 Å². The molecule has 0 aromatic rings. The molecule has 0 aliphatic carbocycles. The lowest BCUT2D eigenvalue weighted by atomic mass is 10.4. The van der Waals surface area contributed by atoms with Gasteiger partial charge in [-0.05, 0) is 50.6 Å². The molecular formula is C18H42O8Si4. The van der Waals surface area contributed by atoms with Crippen LogP contribution in [0.2, 0.25) is 43.8 Å². The molecule has 178 valence electrons. The van der Waals surface area contributed by atoms with Gasteiger partial charge in [0.25, 0.3) is 9.28 Å². The van der Waals surface area contributed by atoms with E-state index in [0.717, 1.165) is 63.3 Å². The first-order chi connectivity index (χ1) is 14.3. The fourth-order valence-corrected chi connectivity index (χ4v) is 19.5. The van der Waals surface area contributed by atoms with E-state index in [-0.39, 0.29) is 0 Å². The quantitative estimate of drug-likeness (QED) is 0.231. The van der Waals surface area contributed by atoms with Crippen LogP contribution in [-0.4, -0.2) is 88.8 Å². The molecule has 4 atom stereocenters. The minimum absolute atomic E-state index is 0.318. The molecule has 0 spiro atoms. The topological polar surface area (TPSA) is 77.1 Å². The van der Waals surface area contributed by atoms with Crippen LogP contribution in [0.4, 0.5) is 0 Å². The zero-order valence-electron chi connectivity index (χ0n) is 19.7. The summed E-state index contributed by atoms with van der Waals surface area (Å²) in [7, 11) is -3.59. The molecule has 12 heteroatoms. The molecule has 0 N–H and O–H groups in total. The van der Waals surface area contributed by atoms with Gasteiger partial charge in [-0.3, -0.25) is 0 Å². The lowest BCUT2D eigenvalue weighted by molar-refractivity contribution is 0.114. The SMILES string of the molecule is CO[Si](CC[Si]1(C)CCCCO[Si](C)(CCCOCC2CO2)O[SiH](C)O1)(OC)OC. The largest absolute Gasteiger partial charge is 0.499 e. The second-order valence-corrected chi connectivity index (χ2v) is 21.7. The number of rotatable bonds is 12. The molecule has 8 nitrogen and oxygen atoms in total. The highest BCUT2D eigenvalue weighted by atomic mass is 28.5. The van der Waals surface area contributed by atoms with E-state index in [2.05, 4.69) is 19.6 Å². The Morgan fingerprint density at radius 2 is 1.73 bits per heavy atom. The maximum atomic E-state index is 6.72. The molecule has 2 heterocycles. The summed E-state index contributed by atoms with van der Waals surface area (Å²) >= 11 is 0. The van der Waals surface area contributed by atoms with E-state index in [4.69, 9.17) is 35.4 Å². The Labute approximate surface area is 187 Å². The van der Waals surface area contributed by atoms with Crippen LogP contribution in [0.15, 0.2) is 0 Å². The fourth-order valence-electron chi connectivity index (χ4n) is 3.92. The van der Waals surface area contributed by atoms with Crippen LogP contribution in [0.3, 0.4) is 0 Å². The zero-order chi connectivity index (χ0) is 22.1. The van der Waals surface area contributed by atoms with E-state index in [1.165, 1.54) is 0 Å². The number of ether oxygens (including phenoxy) is 2. The van der Waals surface area contributed by atoms with Gasteiger partial charge in [-0.1, -0.05) is 6.42 Å². The minimum Gasteiger partial charge on any atom is -0.438 e. The normalized spacial score (nSPS) is 33.4. The van der Waals surface area contributed by atoms with Crippen molar-refractivity contribution in [2.24, 2.45) is 0 Å². The molecular weight excluding hydrogens is 457 g/mol. The Morgan fingerprint density at radius 3 is 2.37 bits per heavy atom. The summed E-state index contributed by atoms with van der Waals surface area (Å²) in [6.07, 6.45) is 3.44. The average molecular weight is 499 g/mol. The van der Waals surface area contributed by atoms with E-state index in [1.54, 1.807) is 21.3 Å². The maximum absolute atomic E-state index is 6.72. The Hall–Kier alpha value is 0.548. The fraction of sp³-hybridized carbons (Fsp3) is 1.00. The average Bonchev–Trinajstić information content (AvgIpc) is 3.53. The molecule has 0 aromatic carbocycles. The molecule has 0 saturated carbocycles. The highest BCUT2D eigenvalue weighted by Crippen LogP contribution is 2.30. The van der Waals surface area contributed by atoms with Gasteiger partial charge in [-0.25, -0.2) is 0 Å². The zero-order valence-corrected chi connectivity index (χ0v) is 23.9. The van der Waals surface area contributed by atoms with Crippen molar-refractivity contribution in [1.29, 1.82) is 0 Å². The molecule has 2 saturated heterocycles. The van der Waals surface area contributed by atoms with Gasteiger partial charge < -0.3 is 35.4 Å². The second-order valence-electron chi connectivity index (χ2n) is 8.62. The summed E-state index contributed by atoms with van der Waals surface area (Å²) in [5.74, 6) is 0. The van der Waals surface area contributed by atoms with Gasteiger partial charge >= 0.3 is 17.4 Å². The van der Waals surface area contributed by atoms with Gasteiger partial charge in [0.1, 0.15) is 6.10 Å². The van der Waals surface area contributed by atoms with Crippen molar-refractivity contribution >= 4 is 35.0 Å². The van der Waals surface area contributed by atoms with Crippen LogP contribution < -0.4 is 0 Å². The van der Waals surface area contributed by atoms with E-state index >= 15 is 0 Å². The molecule has 4 unspecified atom stereocenters. The summed E-state index contributed by atoms with van der Waals surface area (Å²) in [4.78, 5) is 0. The van der Waals surface area contributed by atoms with Crippen molar-refractivity contribution < 1.29 is 35.4 Å². The molecule has 0 amide bonds. The van der Waals surface area contributed by atoms with Gasteiger partial charge in [0, 0.05) is 40.6 Å². The number of hydrogen-bond donors (Lipinski definition) is 0. The first kappa shape index (κ1) is 26.8. The summed E-state index contributed by atoms with van der Waals surface area (Å²) in [6.45, 7) is 9.71. The highest BCUT2D eigenvalue weighted by Gasteiger charge is 2.43. The first-order valence-electron chi connectivity index (χ1n) is 11.1. The van der Waals surface area contributed by atoms with E-state index in [0.29, 0.717) is 12.7 Å². The second kappa shape index (κ2) is 12.7. The highest BCUT2D eigenvalue weighted by molar-refractivity contribution is 6.81. The maximum Gasteiger partial charge on any atom is 0.499 e. The third-order valence-corrected chi connectivity index (χ3v) is 20.8. The van der Waals surface area contributed by atoms with Crippen molar-refractivity contribution in [3.63, 3.8) is 0 Å². The summed E-state index contributed by atoms with van der Waals surface area (Å²) < 4.78 is 47.3. The van der Waals surface area contributed by atoms with E-state index < -0.39 is 35.0 Å². The van der Waals surface area contributed by atoms with Crippen LogP contribution in [0, 0.1) is 0 Å². The molecule has 0 aromatic heterocycles. The van der Waals surface area contributed by atoms with Crippen molar-refractivity contribution in [3.05, 3.63) is 0 Å². The number of epoxide rings is 1. The molecule has 2 aliphatic heterocycles. The van der Waals surface area contributed by atoms with E-state index in [9.17, 15) is 0 Å². The van der Waals surface area contributed by atoms with Gasteiger partial charge in [-0.2, -0.15) is 0 Å². The smallest absolute Gasteiger partial charge is 0.438 e. The lowest BCUT2D eigenvalue weighted by Crippen LogP contribution is -2.51. The standard InChI is InChI=1S/C18H42O8Si4/c1-19-30(20-2,21-3)15-14-28(5)12-8-7-11-24-29(6,26-27(4)25-28)13-9-10-22-16-18-17-23-18/h18,27H,7-17H2,1-6H3. The Balaban J connectivity index is 1.88. The minimum atomic E-state index is -2.59. The van der Waals surface area contributed by atoms with Gasteiger partial charge in [0.2, 0.25) is 0 Å². The van der Waals surface area contributed by atoms with Gasteiger partial charge in [0.05, 0.1) is 13.2 Å². The van der Waals surface area contributed by atoms with Gasteiger partial charge in [-0.15, -0.1) is 0 Å². The summed E-state index contributed by atoms with van der Waals surface area (Å²) in [6, 6.07) is 3.79. The van der Waals surface area contributed by atoms with E-state index in [1.807, 2.05) is 0 Å². The van der Waals surface area contributed by atoms with Crippen LogP contribution in [0.25, 0.3) is 0 Å². The molecule has 2 aliphatic rings. The Kier molecular flexibility index (Phi) is 11.3. The molecule has 30 heavy (non-hydrogen) atoms. The van der Waals surface area contributed by atoms with Crippen LogP contribution in [-0.2, 0) is 35.4 Å². The lowest BCUT2D eigenvalue weighted by Gasteiger charge is -2.38. The predicted molar refractivity (Wildman–Crippen MR) is 125 cm³/mol. The van der Waals surface area contributed by atoms with Crippen LogP contribution in [0.1, 0.15) is 19.3 Å².